The number of aromatic nitrogens is 1. The van der Waals surface area contributed by atoms with Crippen LogP contribution in [0.5, 0.6) is 0 Å². The van der Waals surface area contributed by atoms with Crippen LogP contribution >= 0.6 is 0 Å². The van der Waals surface area contributed by atoms with Crippen molar-refractivity contribution in [3.05, 3.63) is 54.2 Å². The first-order valence-electron chi connectivity index (χ1n) is 7.61. The lowest BCUT2D eigenvalue weighted by atomic mass is 9.87. The maximum Gasteiger partial charge on any atom is 0.309 e. The minimum atomic E-state index is -0.898. The molecule has 6 heteroatoms. The van der Waals surface area contributed by atoms with E-state index in [1.165, 1.54) is 6.26 Å². The van der Waals surface area contributed by atoms with E-state index in [0.29, 0.717) is 25.1 Å². The maximum atomic E-state index is 12.4. The van der Waals surface area contributed by atoms with E-state index in [4.69, 9.17) is 4.42 Å². The number of nitrogens with zero attached hydrogens (tertiary/aromatic N) is 2. The molecule has 0 aromatic carbocycles. The summed E-state index contributed by atoms with van der Waals surface area (Å²) >= 11 is 0. The van der Waals surface area contributed by atoms with Crippen LogP contribution in [0.2, 0.25) is 0 Å². The van der Waals surface area contributed by atoms with Crippen LogP contribution in [0.15, 0.2) is 47.3 Å². The molecule has 2 aromatic heterocycles. The Morgan fingerprint density at radius 2 is 2.26 bits per heavy atom. The van der Waals surface area contributed by atoms with Gasteiger partial charge in [0.15, 0.2) is 0 Å². The fourth-order valence-corrected chi connectivity index (χ4v) is 3.08. The van der Waals surface area contributed by atoms with E-state index in [1.54, 1.807) is 29.4 Å². The minimum absolute atomic E-state index is 0.0345. The van der Waals surface area contributed by atoms with E-state index in [2.05, 4.69) is 4.98 Å². The molecule has 0 bridgehead atoms. The topological polar surface area (TPSA) is 83.6 Å². The van der Waals surface area contributed by atoms with E-state index < -0.39 is 17.9 Å². The van der Waals surface area contributed by atoms with Gasteiger partial charge in [0.05, 0.1) is 12.2 Å². The molecule has 120 valence electrons. The number of hydrogen-bond donors (Lipinski definition) is 1. The number of carboxylic acids is 1. The summed E-state index contributed by atoms with van der Waals surface area (Å²) < 4.78 is 5.41. The standard InChI is InChI=1S/C17H18N2O4/c20-15-6-5-13(17(21)22)16(14-4-2-10-23-14)19(15)9-7-12-3-1-8-18-11-12/h1-4,8,10-11,13,16H,5-7,9H2,(H,21,22)/t13-,16-/m1/s1. The van der Waals surface area contributed by atoms with Crippen LogP contribution in [-0.4, -0.2) is 33.4 Å². The number of likely N-dealkylation sites (tertiary alicyclic amines) is 1. The van der Waals surface area contributed by atoms with Crippen molar-refractivity contribution in [1.29, 1.82) is 0 Å². The Labute approximate surface area is 133 Å². The molecule has 6 nitrogen and oxygen atoms in total. The maximum absolute atomic E-state index is 12.4. The van der Waals surface area contributed by atoms with Gasteiger partial charge in [0.25, 0.3) is 0 Å². The molecule has 0 aliphatic carbocycles. The minimum Gasteiger partial charge on any atom is -0.481 e. The highest BCUT2D eigenvalue weighted by Gasteiger charge is 2.41. The molecule has 0 radical (unpaired) electrons. The molecule has 0 saturated carbocycles. The number of hydrogen-bond acceptors (Lipinski definition) is 4. The number of rotatable bonds is 5. The zero-order valence-electron chi connectivity index (χ0n) is 12.6. The molecule has 2 atom stereocenters. The largest absolute Gasteiger partial charge is 0.481 e. The Hall–Kier alpha value is -2.63. The Kier molecular flexibility index (Phi) is 4.41. The van der Waals surface area contributed by atoms with Crippen molar-refractivity contribution >= 4 is 11.9 Å². The van der Waals surface area contributed by atoms with E-state index in [0.717, 1.165) is 5.56 Å². The lowest BCUT2D eigenvalue weighted by Crippen LogP contribution is -2.46. The monoisotopic (exact) mass is 314 g/mol. The first-order valence-corrected chi connectivity index (χ1v) is 7.61. The van der Waals surface area contributed by atoms with Crippen molar-refractivity contribution in [3.8, 4) is 0 Å². The predicted molar refractivity (Wildman–Crippen MR) is 81.5 cm³/mol. The Morgan fingerprint density at radius 1 is 1.39 bits per heavy atom. The zero-order valence-corrected chi connectivity index (χ0v) is 12.6. The van der Waals surface area contributed by atoms with E-state index in [-0.39, 0.29) is 12.3 Å². The number of carbonyl (C=O) groups is 2. The van der Waals surface area contributed by atoms with Crippen LogP contribution in [0, 0.1) is 5.92 Å². The van der Waals surface area contributed by atoms with Gasteiger partial charge in [-0.2, -0.15) is 0 Å². The summed E-state index contributed by atoms with van der Waals surface area (Å²) in [5.41, 5.74) is 1.01. The third-order valence-electron chi connectivity index (χ3n) is 4.22. The quantitative estimate of drug-likeness (QED) is 0.915. The van der Waals surface area contributed by atoms with Crippen LogP contribution < -0.4 is 0 Å². The second-order valence-electron chi connectivity index (χ2n) is 5.64. The fraction of sp³-hybridized carbons (Fsp3) is 0.353. The van der Waals surface area contributed by atoms with Crippen LogP contribution in [0.1, 0.15) is 30.2 Å². The molecule has 1 N–H and O–H groups in total. The molecule has 1 aliphatic rings. The average molecular weight is 314 g/mol. The highest BCUT2D eigenvalue weighted by Crippen LogP contribution is 2.37. The number of amides is 1. The van der Waals surface area contributed by atoms with Gasteiger partial charge in [-0.3, -0.25) is 14.6 Å². The molecular formula is C17H18N2O4. The third-order valence-corrected chi connectivity index (χ3v) is 4.22. The first-order chi connectivity index (χ1) is 11.2. The summed E-state index contributed by atoms with van der Waals surface area (Å²) in [6, 6.07) is 6.68. The lowest BCUT2D eigenvalue weighted by molar-refractivity contribution is -0.152. The van der Waals surface area contributed by atoms with Gasteiger partial charge >= 0.3 is 5.97 Å². The van der Waals surface area contributed by atoms with Gasteiger partial charge in [0.2, 0.25) is 5.91 Å². The Balaban J connectivity index is 1.84. The summed E-state index contributed by atoms with van der Waals surface area (Å²) in [5, 5.41) is 9.51. The van der Waals surface area contributed by atoms with Crippen LogP contribution in [0.4, 0.5) is 0 Å². The fourth-order valence-electron chi connectivity index (χ4n) is 3.08. The van der Waals surface area contributed by atoms with E-state index in [1.807, 2.05) is 12.1 Å². The molecule has 2 aromatic rings. The molecule has 3 rings (SSSR count). The van der Waals surface area contributed by atoms with Crippen molar-refractivity contribution in [3.63, 3.8) is 0 Å². The number of furan rings is 1. The summed E-state index contributed by atoms with van der Waals surface area (Å²) in [4.78, 5) is 29.7. The third kappa shape index (κ3) is 3.26. The van der Waals surface area contributed by atoms with Crippen LogP contribution in [0.25, 0.3) is 0 Å². The first kappa shape index (κ1) is 15.3. The molecule has 23 heavy (non-hydrogen) atoms. The van der Waals surface area contributed by atoms with Gasteiger partial charge in [0, 0.05) is 25.4 Å². The Morgan fingerprint density at radius 3 is 2.91 bits per heavy atom. The number of piperidine rings is 1. The normalized spacial score (nSPS) is 21.4. The van der Waals surface area contributed by atoms with Crippen LogP contribution in [-0.2, 0) is 16.0 Å². The van der Waals surface area contributed by atoms with Gasteiger partial charge < -0.3 is 14.4 Å². The second kappa shape index (κ2) is 6.64. The zero-order chi connectivity index (χ0) is 16.2. The highest BCUT2D eigenvalue weighted by atomic mass is 16.4. The van der Waals surface area contributed by atoms with Gasteiger partial charge in [0.1, 0.15) is 11.8 Å². The van der Waals surface area contributed by atoms with Crippen molar-refractivity contribution in [1.82, 2.24) is 9.88 Å². The van der Waals surface area contributed by atoms with Crippen molar-refractivity contribution in [2.24, 2.45) is 5.92 Å². The summed E-state index contributed by atoms with van der Waals surface area (Å²) in [7, 11) is 0. The van der Waals surface area contributed by atoms with Gasteiger partial charge in [-0.1, -0.05) is 6.07 Å². The number of carbonyl (C=O) groups excluding carboxylic acids is 1. The summed E-state index contributed by atoms with van der Waals surface area (Å²) in [6.45, 7) is 0.444. The smallest absolute Gasteiger partial charge is 0.309 e. The van der Waals surface area contributed by atoms with Gasteiger partial charge in [-0.25, -0.2) is 0 Å². The number of carboxylic acid groups (broad SMARTS) is 1. The number of pyridine rings is 1. The van der Waals surface area contributed by atoms with Crippen molar-refractivity contribution < 1.29 is 19.1 Å². The molecule has 1 aliphatic heterocycles. The lowest BCUT2D eigenvalue weighted by Gasteiger charge is -2.38. The molecule has 1 amide bonds. The molecule has 3 heterocycles. The molecular weight excluding hydrogens is 296 g/mol. The van der Waals surface area contributed by atoms with E-state index >= 15 is 0 Å². The predicted octanol–water partition coefficient (Wildman–Crippen LogP) is 2.28. The number of aliphatic carboxylic acids is 1. The molecule has 0 unspecified atom stereocenters. The Bertz CT molecular complexity index is 669. The molecule has 0 spiro atoms. The van der Waals surface area contributed by atoms with Crippen molar-refractivity contribution in [2.75, 3.05) is 6.54 Å². The molecule has 1 fully saturated rings. The highest BCUT2D eigenvalue weighted by molar-refractivity contribution is 5.81. The van der Waals surface area contributed by atoms with Crippen LogP contribution in [0.3, 0.4) is 0 Å². The van der Waals surface area contributed by atoms with Crippen molar-refractivity contribution in [2.45, 2.75) is 25.3 Å². The molecule has 1 saturated heterocycles. The second-order valence-corrected chi connectivity index (χ2v) is 5.64. The van der Waals surface area contributed by atoms with Gasteiger partial charge in [-0.15, -0.1) is 0 Å². The van der Waals surface area contributed by atoms with E-state index in [9.17, 15) is 14.7 Å². The summed E-state index contributed by atoms with van der Waals surface area (Å²) in [5.74, 6) is -1.05. The van der Waals surface area contributed by atoms with Gasteiger partial charge in [-0.05, 0) is 36.6 Å². The SMILES string of the molecule is O=C(O)[C@@H]1CCC(=O)N(CCc2cccnc2)[C@H]1c1ccco1. The summed E-state index contributed by atoms with van der Waals surface area (Å²) in [6.07, 6.45) is 6.17. The average Bonchev–Trinajstić information content (AvgIpc) is 3.08.